The van der Waals surface area contributed by atoms with Crippen molar-refractivity contribution in [1.29, 1.82) is 0 Å². The van der Waals surface area contributed by atoms with E-state index in [2.05, 4.69) is 21.4 Å². The summed E-state index contributed by atoms with van der Waals surface area (Å²) in [4.78, 5) is 16.1. The molecule has 1 amide bonds. The van der Waals surface area contributed by atoms with Gasteiger partial charge in [0.05, 0.1) is 12.4 Å². The highest BCUT2D eigenvalue weighted by Crippen LogP contribution is 2.33. The molecule has 3 heterocycles. The minimum atomic E-state index is -0.448. The van der Waals surface area contributed by atoms with Crippen LogP contribution >= 0.6 is 0 Å². The van der Waals surface area contributed by atoms with E-state index in [1.54, 1.807) is 27.8 Å². The van der Waals surface area contributed by atoms with Gasteiger partial charge in [0, 0.05) is 32.3 Å². The van der Waals surface area contributed by atoms with Crippen molar-refractivity contribution < 1.29 is 9.18 Å². The number of carbonyl (C=O) groups is 1. The second kappa shape index (κ2) is 7.22. The van der Waals surface area contributed by atoms with Crippen molar-refractivity contribution >= 4 is 5.91 Å². The topological polar surface area (TPSA) is 68.8 Å². The third-order valence-corrected chi connectivity index (χ3v) is 5.39. The zero-order valence-corrected chi connectivity index (χ0v) is 16.3. The van der Waals surface area contributed by atoms with Gasteiger partial charge in [0.15, 0.2) is 11.5 Å². The first kappa shape index (κ1) is 18.2. The number of carbonyl (C=O) groups excluding carboxylic acids is 1. The first-order valence-corrected chi connectivity index (χ1v) is 9.63. The molecule has 4 aromatic rings. The van der Waals surface area contributed by atoms with Gasteiger partial charge in [-0.3, -0.25) is 9.48 Å². The summed E-state index contributed by atoms with van der Waals surface area (Å²) in [6, 6.07) is 14.3. The average molecular weight is 402 g/mol. The summed E-state index contributed by atoms with van der Waals surface area (Å²) >= 11 is 0. The molecule has 0 spiro atoms. The fourth-order valence-electron chi connectivity index (χ4n) is 3.92. The first-order valence-electron chi connectivity index (χ1n) is 9.63. The van der Waals surface area contributed by atoms with Crippen molar-refractivity contribution in [2.75, 3.05) is 6.54 Å². The number of aryl methyl sites for hydroxylation is 1. The fraction of sp³-hybridized carbons (Fsp3) is 0.182. The molecule has 0 radical (unpaired) electrons. The summed E-state index contributed by atoms with van der Waals surface area (Å²) < 4.78 is 15.8. The van der Waals surface area contributed by atoms with Gasteiger partial charge in [-0.25, -0.2) is 4.39 Å². The first-order chi connectivity index (χ1) is 14.6. The number of rotatable bonds is 3. The number of nitrogens with zero attached hydrogens (tertiary/aromatic N) is 6. The molecule has 7 nitrogen and oxygen atoms in total. The summed E-state index contributed by atoms with van der Waals surface area (Å²) in [5.74, 6) is -0.661. The highest BCUT2D eigenvalue weighted by molar-refractivity contribution is 5.92. The van der Waals surface area contributed by atoms with Crippen LogP contribution in [-0.4, -0.2) is 42.1 Å². The standard InChI is InChI=1S/C22H19FN6O/c1-27-12-16(10-24-27)18-14-28(13-15-6-2-3-7-17(15)18)22(30)20-11-25-29(26-20)21-9-5-4-8-19(21)23/h2-12,18H,13-14H2,1H3. The molecule has 8 heteroatoms. The normalized spacial score (nSPS) is 15.8. The highest BCUT2D eigenvalue weighted by atomic mass is 19.1. The lowest BCUT2D eigenvalue weighted by molar-refractivity contribution is 0.0718. The molecule has 1 aliphatic heterocycles. The van der Waals surface area contributed by atoms with Crippen LogP contribution < -0.4 is 0 Å². The Morgan fingerprint density at radius 1 is 1.07 bits per heavy atom. The van der Waals surface area contributed by atoms with Gasteiger partial charge in [-0.05, 0) is 28.8 Å². The van der Waals surface area contributed by atoms with Crippen LogP contribution in [0.4, 0.5) is 4.39 Å². The molecule has 2 aromatic carbocycles. The molecular formula is C22H19FN6O. The summed E-state index contributed by atoms with van der Waals surface area (Å²) in [5, 5.41) is 12.6. The predicted molar refractivity (Wildman–Crippen MR) is 108 cm³/mol. The highest BCUT2D eigenvalue weighted by Gasteiger charge is 2.31. The minimum Gasteiger partial charge on any atom is -0.332 e. The van der Waals surface area contributed by atoms with E-state index in [0.717, 1.165) is 15.9 Å². The summed E-state index contributed by atoms with van der Waals surface area (Å²) in [5.41, 5.74) is 3.73. The van der Waals surface area contributed by atoms with E-state index >= 15 is 0 Å². The van der Waals surface area contributed by atoms with Crippen LogP contribution in [-0.2, 0) is 13.6 Å². The molecule has 0 fully saturated rings. The Kier molecular flexibility index (Phi) is 4.39. The molecule has 1 aliphatic rings. The smallest absolute Gasteiger partial charge is 0.276 e. The molecular weight excluding hydrogens is 383 g/mol. The molecule has 0 bridgehead atoms. The fourth-order valence-corrected chi connectivity index (χ4v) is 3.92. The zero-order valence-electron chi connectivity index (χ0n) is 16.3. The Balaban J connectivity index is 1.46. The van der Waals surface area contributed by atoms with Gasteiger partial charge in [0.2, 0.25) is 0 Å². The van der Waals surface area contributed by atoms with Crippen molar-refractivity contribution in [1.82, 2.24) is 29.7 Å². The van der Waals surface area contributed by atoms with E-state index < -0.39 is 5.82 Å². The molecule has 2 aromatic heterocycles. The lowest BCUT2D eigenvalue weighted by Gasteiger charge is -2.34. The van der Waals surface area contributed by atoms with Gasteiger partial charge in [-0.1, -0.05) is 36.4 Å². The Labute approximate surface area is 172 Å². The zero-order chi connectivity index (χ0) is 20.7. The summed E-state index contributed by atoms with van der Waals surface area (Å²) in [7, 11) is 1.88. The van der Waals surface area contributed by atoms with Crippen LogP contribution in [0.15, 0.2) is 67.1 Å². The molecule has 0 saturated heterocycles. The number of hydrogen-bond donors (Lipinski definition) is 0. The second-order valence-corrected chi connectivity index (χ2v) is 7.36. The quantitative estimate of drug-likeness (QED) is 0.528. The largest absolute Gasteiger partial charge is 0.332 e. The number of aromatic nitrogens is 5. The molecule has 0 saturated carbocycles. The Morgan fingerprint density at radius 2 is 1.87 bits per heavy atom. The van der Waals surface area contributed by atoms with Crippen LogP contribution in [0.5, 0.6) is 0 Å². The number of amides is 1. The van der Waals surface area contributed by atoms with E-state index in [9.17, 15) is 9.18 Å². The SMILES string of the molecule is Cn1cc(C2CN(C(=O)c3cnn(-c4ccccc4F)n3)Cc3ccccc32)cn1. The van der Waals surface area contributed by atoms with E-state index in [1.165, 1.54) is 17.8 Å². The van der Waals surface area contributed by atoms with Gasteiger partial charge in [-0.2, -0.15) is 10.2 Å². The van der Waals surface area contributed by atoms with Crippen LogP contribution in [0, 0.1) is 5.82 Å². The number of para-hydroxylation sites is 1. The predicted octanol–water partition coefficient (Wildman–Crippen LogP) is 2.93. The van der Waals surface area contributed by atoms with Gasteiger partial charge in [0.1, 0.15) is 5.69 Å². The van der Waals surface area contributed by atoms with Crippen molar-refractivity contribution in [3.8, 4) is 5.69 Å². The molecule has 150 valence electrons. The lowest BCUT2D eigenvalue weighted by atomic mass is 9.86. The number of halogens is 1. The molecule has 0 N–H and O–H groups in total. The minimum absolute atomic E-state index is 0.0224. The van der Waals surface area contributed by atoms with Gasteiger partial charge < -0.3 is 4.90 Å². The molecule has 0 aliphatic carbocycles. The lowest BCUT2D eigenvalue weighted by Crippen LogP contribution is -2.38. The third kappa shape index (κ3) is 3.16. The van der Waals surface area contributed by atoms with Crippen molar-refractivity contribution in [3.63, 3.8) is 0 Å². The average Bonchev–Trinajstić information content (AvgIpc) is 3.42. The Morgan fingerprint density at radius 3 is 2.67 bits per heavy atom. The van der Waals surface area contributed by atoms with Crippen LogP contribution in [0.25, 0.3) is 5.69 Å². The molecule has 1 atom stereocenters. The van der Waals surface area contributed by atoms with Gasteiger partial charge in [0.25, 0.3) is 5.91 Å². The maximum absolute atomic E-state index is 14.0. The second-order valence-electron chi connectivity index (χ2n) is 7.36. The van der Waals surface area contributed by atoms with E-state index in [1.807, 2.05) is 37.6 Å². The number of fused-ring (bicyclic) bond motifs is 1. The van der Waals surface area contributed by atoms with E-state index in [-0.39, 0.29) is 23.2 Å². The number of benzene rings is 2. The van der Waals surface area contributed by atoms with Crippen molar-refractivity contribution in [2.45, 2.75) is 12.5 Å². The maximum Gasteiger partial charge on any atom is 0.276 e. The maximum atomic E-state index is 14.0. The van der Waals surface area contributed by atoms with Crippen molar-refractivity contribution in [2.24, 2.45) is 7.05 Å². The number of hydrogen-bond acceptors (Lipinski definition) is 4. The van der Waals surface area contributed by atoms with E-state index in [0.29, 0.717) is 13.1 Å². The molecule has 30 heavy (non-hydrogen) atoms. The molecule has 5 rings (SSSR count). The summed E-state index contributed by atoms with van der Waals surface area (Å²) in [6.07, 6.45) is 5.20. The van der Waals surface area contributed by atoms with Crippen molar-refractivity contribution in [3.05, 3.63) is 95.3 Å². The monoisotopic (exact) mass is 402 g/mol. The summed E-state index contributed by atoms with van der Waals surface area (Å²) in [6.45, 7) is 0.992. The van der Waals surface area contributed by atoms with Crippen LogP contribution in [0.2, 0.25) is 0 Å². The van der Waals surface area contributed by atoms with Crippen LogP contribution in [0.3, 0.4) is 0 Å². The van der Waals surface area contributed by atoms with Gasteiger partial charge >= 0.3 is 0 Å². The Bertz CT molecular complexity index is 1230. The van der Waals surface area contributed by atoms with Gasteiger partial charge in [-0.15, -0.1) is 9.90 Å². The van der Waals surface area contributed by atoms with E-state index in [4.69, 9.17) is 0 Å². The Hall–Kier alpha value is -3.81. The molecule has 1 unspecified atom stereocenters. The van der Waals surface area contributed by atoms with Crippen LogP contribution in [0.1, 0.15) is 33.1 Å². The third-order valence-electron chi connectivity index (χ3n) is 5.39.